The molecule has 3 rings (SSSR count). The van der Waals surface area contributed by atoms with E-state index in [1.165, 1.54) is 4.68 Å². The number of fused-ring (bicyclic) bond motifs is 1. The second kappa shape index (κ2) is 6.66. The van der Waals surface area contributed by atoms with Crippen molar-refractivity contribution < 1.29 is 4.79 Å². The Bertz CT molecular complexity index is 932. The number of amides is 1. The standard InChI is InChI=1S/C19H19N3O2/c1-3-22-19(24)16-12-8-7-11-15(16)17(21-22)18(23)20-13(2)14-9-5-4-6-10-14/h4-13H,3H2,1-2H3,(H,20,23)/t13-/m0/s1. The number of hydrogen-bond donors (Lipinski definition) is 1. The van der Waals surface area contributed by atoms with Gasteiger partial charge in [-0.1, -0.05) is 48.5 Å². The van der Waals surface area contributed by atoms with E-state index in [1.807, 2.05) is 44.2 Å². The first-order valence-corrected chi connectivity index (χ1v) is 7.97. The van der Waals surface area contributed by atoms with Crippen LogP contribution in [-0.4, -0.2) is 15.7 Å². The van der Waals surface area contributed by atoms with E-state index < -0.39 is 0 Å². The van der Waals surface area contributed by atoms with Gasteiger partial charge in [0, 0.05) is 11.9 Å². The van der Waals surface area contributed by atoms with Crippen LogP contribution in [0.2, 0.25) is 0 Å². The molecule has 0 aliphatic rings. The second-order valence-electron chi connectivity index (χ2n) is 5.62. The van der Waals surface area contributed by atoms with Gasteiger partial charge in [-0.25, -0.2) is 4.68 Å². The molecule has 0 spiro atoms. The number of carbonyl (C=O) groups excluding carboxylic acids is 1. The fourth-order valence-corrected chi connectivity index (χ4v) is 2.71. The monoisotopic (exact) mass is 321 g/mol. The Morgan fingerprint density at radius 1 is 1.08 bits per heavy atom. The molecule has 122 valence electrons. The normalized spacial score (nSPS) is 12.1. The molecule has 0 unspecified atom stereocenters. The second-order valence-corrected chi connectivity index (χ2v) is 5.62. The van der Waals surface area contributed by atoms with E-state index in [9.17, 15) is 9.59 Å². The number of aromatic nitrogens is 2. The predicted molar refractivity (Wildman–Crippen MR) is 94.0 cm³/mol. The maximum Gasteiger partial charge on any atom is 0.274 e. The molecule has 24 heavy (non-hydrogen) atoms. The molecule has 0 bridgehead atoms. The highest BCUT2D eigenvalue weighted by Gasteiger charge is 2.18. The summed E-state index contributed by atoms with van der Waals surface area (Å²) in [5.74, 6) is -0.287. The van der Waals surface area contributed by atoms with Crippen LogP contribution in [0.15, 0.2) is 59.4 Å². The molecule has 0 saturated carbocycles. The summed E-state index contributed by atoms with van der Waals surface area (Å²) < 4.78 is 1.32. The molecule has 2 aromatic carbocycles. The molecule has 0 aliphatic carbocycles. The Kier molecular flexibility index (Phi) is 4.42. The lowest BCUT2D eigenvalue weighted by Gasteiger charge is -2.15. The molecule has 5 heteroatoms. The molecule has 0 aliphatic heterocycles. The van der Waals surface area contributed by atoms with Crippen LogP contribution in [0.1, 0.15) is 35.9 Å². The number of carbonyl (C=O) groups is 1. The third kappa shape index (κ3) is 2.93. The van der Waals surface area contributed by atoms with Crippen molar-refractivity contribution in [1.29, 1.82) is 0 Å². The van der Waals surface area contributed by atoms with Crippen LogP contribution >= 0.6 is 0 Å². The van der Waals surface area contributed by atoms with Crippen molar-refractivity contribution in [2.75, 3.05) is 0 Å². The van der Waals surface area contributed by atoms with E-state index in [0.29, 0.717) is 17.3 Å². The van der Waals surface area contributed by atoms with Crippen LogP contribution < -0.4 is 10.9 Å². The number of aryl methyl sites for hydroxylation is 1. The van der Waals surface area contributed by atoms with Gasteiger partial charge in [-0.2, -0.15) is 5.10 Å². The largest absolute Gasteiger partial charge is 0.344 e. The van der Waals surface area contributed by atoms with Gasteiger partial charge in [0.25, 0.3) is 11.5 Å². The number of nitrogens with one attached hydrogen (secondary N) is 1. The quantitative estimate of drug-likeness (QED) is 0.803. The lowest BCUT2D eigenvalue weighted by Crippen LogP contribution is -2.31. The minimum atomic E-state index is -0.287. The van der Waals surface area contributed by atoms with Crippen molar-refractivity contribution in [3.63, 3.8) is 0 Å². The van der Waals surface area contributed by atoms with Crippen molar-refractivity contribution in [3.8, 4) is 0 Å². The van der Waals surface area contributed by atoms with E-state index in [-0.39, 0.29) is 23.2 Å². The molecular weight excluding hydrogens is 302 g/mol. The lowest BCUT2D eigenvalue weighted by molar-refractivity contribution is 0.0934. The van der Waals surface area contributed by atoms with Crippen molar-refractivity contribution in [1.82, 2.24) is 15.1 Å². The Morgan fingerprint density at radius 3 is 2.38 bits per heavy atom. The van der Waals surface area contributed by atoms with Crippen molar-refractivity contribution in [2.24, 2.45) is 0 Å². The van der Waals surface area contributed by atoms with E-state index in [4.69, 9.17) is 0 Å². The molecule has 3 aromatic rings. The molecule has 0 fully saturated rings. The van der Waals surface area contributed by atoms with Gasteiger partial charge in [-0.15, -0.1) is 0 Å². The molecule has 0 radical (unpaired) electrons. The summed E-state index contributed by atoms with van der Waals surface area (Å²) in [5.41, 5.74) is 1.11. The van der Waals surface area contributed by atoms with Gasteiger partial charge in [0.2, 0.25) is 0 Å². The SMILES string of the molecule is CCn1nc(C(=O)N[C@@H](C)c2ccccc2)c2ccccc2c1=O. The Morgan fingerprint density at radius 2 is 1.71 bits per heavy atom. The average molecular weight is 321 g/mol. The number of benzene rings is 2. The summed E-state index contributed by atoms with van der Waals surface area (Å²) >= 11 is 0. The molecule has 1 aromatic heterocycles. The smallest absolute Gasteiger partial charge is 0.274 e. The fraction of sp³-hybridized carbons (Fsp3) is 0.211. The summed E-state index contributed by atoms with van der Waals surface area (Å²) in [7, 11) is 0. The highest BCUT2D eigenvalue weighted by atomic mass is 16.2. The summed E-state index contributed by atoms with van der Waals surface area (Å²) in [6, 6.07) is 16.6. The van der Waals surface area contributed by atoms with Crippen LogP contribution in [-0.2, 0) is 6.54 Å². The molecule has 1 amide bonds. The molecule has 1 N–H and O–H groups in total. The lowest BCUT2D eigenvalue weighted by atomic mass is 10.1. The molecule has 1 heterocycles. The molecule has 5 nitrogen and oxygen atoms in total. The average Bonchev–Trinajstić information content (AvgIpc) is 2.63. The Balaban J connectivity index is 2.01. The van der Waals surface area contributed by atoms with Gasteiger partial charge in [0.1, 0.15) is 0 Å². The summed E-state index contributed by atoms with van der Waals surface area (Å²) in [6.45, 7) is 4.17. The van der Waals surface area contributed by atoms with E-state index >= 15 is 0 Å². The maximum absolute atomic E-state index is 12.7. The van der Waals surface area contributed by atoms with Gasteiger partial charge in [0.15, 0.2) is 5.69 Å². The highest BCUT2D eigenvalue weighted by molar-refractivity contribution is 6.04. The molecule has 1 atom stereocenters. The van der Waals surface area contributed by atoms with Crippen LogP contribution in [0.25, 0.3) is 10.8 Å². The minimum absolute atomic E-state index is 0.152. The van der Waals surface area contributed by atoms with Crippen LogP contribution in [0.5, 0.6) is 0 Å². The molecule has 0 saturated heterocycles. The third-order valence-corrected chi connectivity index (χ3v) is 4.03. The van der Waals surface area contributed by atoms with E-state index in [1.54, 1.807) is 24.3 Å². The topological polar surface area (TPSA) is 64.0 Å². The zero-order chi connectivity index (χ0) is 17.1. The summed E-state index contributed by atoms with van der Waals surface area (Å²) in [5, 5.41) is 8.30. The van der Waals surface area contributed by atoms with Crippen molar-refractivity contribution in [2.45, 2.75) is 26.4 Å². The third-order valence-electron chi connectivity index (χ3n) is 4.03. The number of nitrogens with zero attached hydrogens (tertiary/aromatic N) is 2. The molecular formula is C19H19N3O2. The van der Waals surface area contributed by atoms with Gasteiger partial charge < -0.3 is 5.32 Å². The Labute approximate surface area is 139 Å². The van der Waals surface area contributed by atoms with Gasteiger partial charge in [-0.3, -0.25) is 9.59 Å². The first-order valence-electron chi connectivity index (χ1n) is 7.97. The van der Waals surface area contributed by atoms with Crippen molar-refractivity contribution >= 4 is 16.7 Å². The van der Waals surface area contributed by atoms with E-state index in [2.05, 4.69) is 10.4 Å². The number of hydrogen-bond acceptors (Lipinski definition) is 3. The summed E-state index contributed by atoms with van der Waals surface area (Å²) in [6.07, 6.45) is 0. The number of rotatable bonds is 4. The van der Waals surface area contributed by atoms with Crippen LogP contribution in [0.4, 0.5) is 0 Å². The van der Waals surface area contributed by atoms with Gasteiger partial charge >= 0.3 is 0 Å². The zero-order valence-electron chi connectivity index (χ0n) is 13.7. The van der Waals surface area contributed by atoms with Crippen LogP contribution in [0, 0.1) is 0 Å². The highest BCUT2D eigenvalue weighted by Crippen LogP contribution is 2.16. The fourth-order valence-electron chi connectivity index (χ4n) is 2.71. The zero-order valence-corrected chi connectivity index (χ0v) is 13.7. The van der Waals surface area contributed by atoms with Crippen molar-refractivity contribution in [3.05, 3.63) is 76.2 Å². The predicted octanol–water partition coefficient (Wildman–Crippen LogP) is 2.91. The maximum atomic E-state index is 12.7. The van der Waals surface area contributed by atoms with E-state index in [0.717, 1.165) is 5.56 Å². The first kappa shape index (κ1) is 15.9. The van der Waals surface area contributed by atoms with Crippen LogP contribution in [0.3, 0.4) is 0 Å². The minimum Gasteiger partial charge on any atom is -0.344 e. The first-order chi connectivity index (χ1) is 11.6. The summed E-state index contributed by atoms with van der Waals surface area (Å²) in [4.78, 5) is 25.1. The Hall–Kier alpha value is -2.95. The van der Waals surface area contributed by atoms with Gasteiger partial charge in [-0.05, 0) is 25.5 Å². The van der Waals surface area contributed by atoms with Gasteiger partial charge in [0.05, 0.1) is 11.4 Å².